The molecule has 0 aliphatic carbocycles. The first-order chi connectivity index (χ1) is 16.1. The fourth-order valence-corrected chi connectivity index (χ4v) is 4.29. The van der Waals surface area contributed by atoms with Gasteiger partial charge in [-0.25, -0.2) is 5.43 Å². The van der Waals surface area contributed by atoms with Crippen LogP contribution in [0.25, 0.3) is 0 Å². The maximum atomic E-state index is 12.4. The largest absolute Gasteiger partial charge is 0.493 e. The molecule has 1 aliphatic rings. The minimum absolute atomic E-state index is 0.256. The summed E-state index contributed by atoms with van der Waals surface area (Å²) in [6.07, 6.45) is 4.01. The van der Waals surface area contributed by atoms with Crippen LogP contribution in [-0.4, -0.2) is 32.3 Å². The third-order valence-corrected chi connectivity index (χ3v) is 6.05. The van der Waals surface area contributed by atoms with Gasteiger partial charge in [0, 0.05) is 24.3 Å². The molecule has 3 aromatic rings. The monoisotopic (exact) mass is 507 g/mol. The van der Waals surface area contributed by atoms with Gasteiger partial charge in [0.25, 0.3) is 5.91 Å². The van der Waals surface area contributed by atoms with Gasteiger partial charge in [-0.15, -0.1) is 0 Å². The molecule has 1 heterocycles. The number of halogens is 1. The van der Waals surface area contributed by atoms with Crippen molar-refractivity contribution in [1.82, 2.24) is 5.43 Å². The average molecular weight is 508 g/mol. The lowest BCUT2D eigenvalue weighted by molar-refractivity contribution is 0.0955. The van der Waals surface area contributed by atoms with Crippen molar-refractivity contribution < 1.29 is 14.3 Å². The van der Waals surface area contributed by atoms with Crippen LogP contribution in [0.1, 0.15) is 34.3 Å². The van der Waals surface area contributed by atoms with Crippen molar-refractivity contribution in [3.63, 3.8) is 0 Å². The van der Waals surface area contributed by atoms with Crippen LogP contribution < -0.4 is 19.8 Å². The number of hydrogen-bond acceptors (Lipinski definition) is 5. The Hall–Kier alpha value is -3.32. The molecule has 0 radical (unpaired) electrons. The highest BCUT2D eigenvalue weighted by Gasteiger charge is 2.14. The zero-order chi connectivity index (χ0) is 23.0. The molecular formula is C26H26BrN3O3. The van der Waals surface area contributed by atoms with Crippen molar-refractivity contribution in [1.29, 1.82) is 0 Å². The van der Waals surface area contributed by atoms with E-state index >= 15 is 0 Å². The van der Waals surface area contributed by atoms with Gasteiger partial charge in [-0.05, 0) is 76.3 Å². The Kier molecular flexibility index (Phi) is 7.62. The Morgan fingerprint density at radius 1 is 1.09 bits per heavy atom. The van der Waals surface area contributed by atoms with Crippen molar-refractivity contribution in [2.45, 2.75) is 19.4 Å². The molecule has 0 aromatic heterocycles. The van der Waals surface area contributed by atoms with Crippen LogP contribution in [0.2, 0.25) is 0 Å². The first-order valence-corrected chi connectivity index (χ1v) is 11.7. The van der Waals surface area contributed by atoms with Crippen molar-refractivity contribution in [2.24, 2.45) is 5.10 Å². The predicted molar refractivity (Wildman–Crippen MR) is 134 cm³/mol. The quantitative estimate of drug-likeness (QED) is 0.327. The number of hydrazone groups is 1. The number of carbonyl (C=O) groups excluding carboxylic acids is 1. The van der Waals surface area contributed by atoms with Gasteiger partial charge in [-0.1, -0.05) is 30.3 Å². The van der Waals surface area contributed by atoms with Gasteiger partial charge in [0.05, 0.1) is 17.8 Å². The average Bonchev–Trinajstić information content (AvgIpc) is 3.39. The van der Waals surface area contributed by atoms with Gasteiger partial charge in [0.2, 0.25) is 0 Å². The number of hydrogen-bond donors (Lipinski definition) is 1. The molecule has 6 nitrogen and oxygen atoms in total. The van der Waals surface area contributed by atoms with Crippen LogP contribution in [0.4, 0.5) is 5.69 Å². The lowest BCUT2D eigenvalue weighted by atomic mass is 10.2. The number of rotatable bonds is 8. The first kappa shape index (κ1) is 22.9. The van der Waals surface area contributed by atoms with Gasteiger partial charge in [-0.2, -0.15) is 5.10 Å². The molecule has 1 fully saturated rings. The van der Waals surface area contributed by atoms with Gasteiger partial charge in [0.15, 0.2) is 11.5 Å². The van der Waals surface area contributed by atoms with Gasteiger partial charge in [-0.3, -0.25) is 4.79 Å². The lowest BCUT2D eigenvalue weighted by Gasteiger charge is -2.17. The summed E-state index contributed by atoms with van der Waals surface area (Å²) >= 11 is 3.55. The van der Waals surface area contributed by atoms with E-state index in [2.05, 4.69) is 31.4 Å². The Bertz CT molecular complexity index is 1110. The molecule has 7 heteroatoms. The lowest BCUT2D eigenvalue weighted by Crippen LogP contribution is -2.19. The molecule has 0 spiro atoms. The number of nitrogens with one attached hydrogen (secondary N) is 1. The molecule has 1 N–H and O–H groups in total. The van der Waals surface area contributed by atoms with E-state index in [1.807, 2.05) is 66.7 Å². The van der Waals surface area contributed by atoms with Crippen LogP contribution >= 0.6 is 15.9 Å². The van der Waals surface area contributed by atoms with E-state index in [9.17, 15) is 4.79 Å². The number of anilines is 1. The van der Waals surface area contributed by atoms with Crippen LogP contribution in [0, 0.1) is 0 Å². The summed E-state index contributed by atoms with van der Waals surface area (Å²) in [6.45, 7) is 2.58. The molecular weight excluding hydrogens is 482 g/mol. The summed E-state index contributed by atoms with van der Waals surface area (Å²) in [5.74, 6) is 0.930. The minimum Gasteiger partial charge on any atom is -0.493 e. The maximum absolute atomic E-state index is 12.4. The molecule has 4 rings (SSSR count). The summed E-state index contributed by atoms with van der Waals surface area (Å²) < 4.78 is 12.2. The van der Waals surface area contributed by atoms with Crippen molar-refractivity contribution in [2.75, 3.05) is 25.1 Å². The summed E-state index contributed by atoms with van der Waals surface area (Å²) in [6, 6.07) is 21.2. The van der Waals surface area contributed by atoms with E-state index in [0.29, 0.717) is 23.7 Å². The van der Waals surface area contributed by atoms with E-state index in [1.165, 1.54) is 12.8 Å². The Morgan fingerprint density at radius 3 is 2.52 bits per heavy atom. The smallest absolute Gasteiger partial charge is 0.271 e. The number of benzene rings is 3. The second-order valence-corrected chi connectivity index (χ2v) is 8.60. The Morgan fingerprint density at radius 2 is 1.82 bits per heavy atom. The molecule has 0 unspecified atom stereocenters. The SMILES string of the molecule is COc1cc(/C=N\NC(=O)c2ccc(N3CCCC3)cc2)cc(Br)c1OCc1ccccc1. The first-order valence-electron chi connectivity index (χ1n) is 10.9. The molecule has 0 bridgehead atoms. The fourth-order valence-electron chi connectivity index (χ4n) is 3.71. The highest BCUT2D eigenvalue weighted by Crippen LogP contribution is 2.36. The van der Waals surface area contributed by atoms with E-state index in [4.69, 9.17) is 9.47 Å². The zero-order valence-electron chi connectivity index (χ0n) is 18.5. The second kappa shape index (κ2) is 11.0. The third-order valence-electron chi connectivity index (χ3n) is 5.46. The Balaban J connectivity index is 1.38. The van der Waals surface area contributed by atoms with Crippen molar-refractivity contribution in [3.8, 4) is 11.5 Å². The number of amides is 1. The van der Waals surface area contributed by atoms with Gasteiger partial charge >= 0.3 is 0 Å². The van der Waals surface area contributed by atoms with Crippen LogP contribution in [-0.2, 0) is 6.61 Å². The predicted octanol–water partition coefficient (Wildman–Crippen LogP) is 5.40. The van der Waals surface area contributed by atoms with Crippen molar-refractivity contribution >= 4 is 33.7 Å². The van der Waals surface area contributed by atoms with Crippen LogP contribution in [0.5, 0.6) is 11.5 Å². The normalized spacial score (nSPS) is 13.3. The molecule has 0 atom stereocenters. The fraction of sp³-hybridized carbons (Fsp3) is 0.231. The maximum Gasteiger partial charge on any atom is 0.271 e. The molecule has 1 saturated heterocycles. The van der Waals surface area contributed by atoms with Crippen LogP contribution in [0.3, 0.4) is 0 Å². The van der Waals surface area contributed by atoms with Crippen LogP contribution in [0.15, 0.2) is 76.3 Å². The molecule has 33 heavy (non-hydrogen) atoms. The molecule has 1 amide bonds. The Labute approximate surface area is 202 Å². The molecule has 1 aliphatic heterocycles. The van der Waals surface area contributed by atoms with Gasteiger partial charge < -0.3 is 14.4 Å². The molecule has 170 valence electrons. The van der Waals surface area contributed by atoms with Crippen molar-refractivity contribution in [3.05, 3.63) is 87.9 Å². The number of nitrogens with zero attached hydrogens (tertiary/aromatic N) is 2. The van der Waals surface area contributed by atoms with E-state index in [1.54, 1.807) is 13.3 Å². The highest BCUT2D eigenvalue weighted by molar-refractivity contribution is 9.10. The zero-order valence-corrected chi connectivity index (χ0v) is 20.0. The third kappa shape index (κ3) is 5.93. The minimum atomic E-state index is -0.256. The van der Waals surface area contributed by atoms with Gasteiger partial charge in [0.1, 0.15) is 6.61 Å². The summed E-state index contributed by atoms with van der Waals surface area (Å²) in [4.78, 5) is 14.8. The summed E-state index contributed by atoms with van der Waals surface area (Å²) in [5.41, 5.74) is 6.13. The number of carbonyl (C=O) groups is 1. The summed E-state index contributed by atoms with van der Waals surface area (Å²) in [5, 5.41) is 4.11. The van der Waals surface area contributed by atoms with E-state index in [-0.39, 0.29) is 5.91 Å². The standard InChI is InChI=1S/C26H26BrN3O3/c1-32-24-16-20(15-23(27)25(24)33-18-19-7-3-2-4-8-19)17-28-29-26(31)21-9-11-22(12-10-21)30-13-5-6-14-30/h2-4,7-12,15-17H,5-6,13-14,18H2,1H3,(H,29,31)/b28-17-. The van der Waals surface area contributed by atoms with E-state index < -0.39 is 0 Å². The highest BCUT2D eigenvalue weighted by atomic mass is 79.9. The number of methoxy groups -OCH3 is 1. The molecule has 3 aromatic carbocycles. The number of ether oxygens (including phenoxy) is 2. The molecule has 0 saturated carbocycles. The second-order valence-electron chi connectivity index (χ2n) is 7.75. The van der Waals surface area contributed by atoms with E-state index in [0.717, 1.165) is 34.4 Å². The topological polar surface area (TPSA) is 63.2 Å². The summed E-state index contributed by atoms with van der Waals surface area (Å²) in [7, 11) is 1.59.